The summed E-state index contributed by atoms with van der Waals surface area (Å²) in [4.78, 5) is 16.5. The first-order chi connectivity index (χ1) is 7.72. The molecule has 2 heterocycles. The number of nitrogens with two attached hydrogens (primary N) is 1. The third kappa shape index (κ3) is 2.38. The summed E-state index contributed by atoms with van der Waals surface area (Å²) in [7, 11) is 0. The predicted octanol–water partition coefficient (Wildman–Crippen LogP) is 0.420. The molecular weight excluding hydrogens is 202 g/mol. The van der Waals surface area contributed by atoms with E-state index in [1.165, 1.54) is 25.8 Å². The lowest BCUT2D eigenvalue weighted by molar-refractivity contribution is -0.136. The Bertz CT molecular complexity index is 257. The fourth-order valence-electron chi connectivity index (χ4n) is 2.77. The molecule has 2 fully saturated rings. The number of carbonyl (C=O) groups excluding carboxylic acids is 1. The monoisotopic (exact) mass is 225 g/mol. The summed E-state index contributed by atoms with van der Waals surface area (Å²) in [6.45, 7) is 5.98. The lowest BCUT2D eigenvalue weighted by atomic mass is 9.99. The third-order valence-corrected chi connectivity index (χ3v) is 3.91. The Hall–Kier alpha value is -0.610. The summed E-state index contributed by atoms with van der Waals surface area (Å²) < 4.78 is 0. The van der Waals surface area contributed by atoms with Gasteiger partial charge >= 0.3 is 0 Å². The minimum absolute atomic E-state index is 0.146. The molecule has 0 aromatic carbocycles. The van der Waals surface area contributed by atoms with Crippen LogP contribution in [-0.2, 0) is 4.79 Å². The molecule has 2 aliphatic rings. The van der Waals surface area contributed by atoms with Gasteiger partial charge in [-0.2, -0.15) is 0 Å². The Morgan fingerprint density at radius 3 is 2.94 bits per heavy atom. The molecule has 4 nitrogen and oxygen atoms in total. The summed E-state index contributed by atoms with van der Waals surface area (Å²) in [5.41, 5.74) is 5.81. The highest BCUT2D eigenvalue weighted by atomic mass is 16.2. The van der Waals surface area contributed by atoms with Crippen molar-refractivity contribution in [1.82, 2.24) is 9.80 Å². The zero-order valence-electron chi connectivity index (χ0n) is 10.2. The highest BCUT2D eigenvalue weighted by Crippen LogP contribution is 2.21. The molecule has 0 bridgehead atoms. The summed E-state index contributed by atoms with van der Waals surface area (Å²) in [5.74, 6) is 0.146. The van der Waals surface area contributed by atoms with Gasteiger partial charge in [-0.3, -0.25) is 9.69 Å². The maximum absolute atomic E-state index is 12.0. The van der Waals surface area contributed by atoms with E-state index in [0.29, 0.717) is 6.04 Å². The number of fused-ring (bicyclic) bond motifs is 1. The van der Waals surface area contributed by atoms with Gasteiger partial charge in [-0.25, -0.2) is 0 Å². The topological polar surface area (TPSA) is 49.6 Å². The molecule has 0 radical (unpaired) electrons. The molecule has 2 aliphatic heterocycles. The number of nitrogens with zero attached hydrogens (tertiary/aromatic N) is 2. The maximum Gasteiger partial charge on any atom is 0.239 e. The predicted molar refractivity (Wildman–Crippen MR) is 64.1 cm³/mol. The fraction of sp³-hybridized carbons (Fsp3) is 0.917. The first kappa shape index (κ1) is 11.9. The van der Waals surface area contributed by atoms with Crippen molar-refractivity contribution in [1.29, 1.82) is 0 Å². The van der Waals surface area contributed by atoms with Gasteiger partial charge in [0.05, 0.1) is 6.04 Å². The van der Waals surface area contributed by atoms with Crippen LogP contribution >= 0.6 is 0 Å². The highest BCUT2D eigenvalue weighted by molar-refractivity contribution is 5.81. The van der Waals surface area contributed by atoms with Gasteiger partial charge in [-0.15, -0.1) is 0 Å². The molecule has 2 rings (SSSR count). The van der Waals surface area contributed by atoms with Crippen LogP contribution in [0.2, 0.25) is 0 Å². The normalized spacial score (nSPS) is 28.6. The number of rotatable bonds is 2. The number of carbonyl (C=O) groups is 1. The number of hydrogen-bond acceptors (Lipinski definition) is 3. The number of hydrogen-bond donors (Lipinski definition) is 1. The first-order valence-electron chi connectivity index (χ1n) is 6.50. The van der Waals surface area contributed by atoms with Crippen LogP contribution in [0.4, 0.5) is 0 Å². The fourth-order valence-corrected chi connectivity index (χ4v) is 2.77. The molecule has 92 valence electrons. The van der Waals surface area contributed by atoms with Crippen molar-refractivity contribution >= 4 is 5.91 Å². The van der Waals surface area contributed by atoms with Crippen molar-refractivity contribution in [2.24, 2.45) is 5.73 Å². The Balaban J connectivity index is 1.92. The third-order valence-electron chi connectivity index (χ3n) is 3.91. The van der Waals surface area contributed by atoms with E-state index in [9.17, 15) is 4.79 Å². The molecule has 1 amide bonds. The molecule has 16 heavy (non-hydrogen) atoms. The van der Waals surface area contributed by atoms with Gasteiger partial charge in [-0.1, -0.05) is 13.3 Å². The van der Waals surface area contributed by atoms with Gasteiger partial charge < -0.3 is 10.6 Å². The Morgan fingerprint density at radius 1 is 1.38 bits per heavy atom. The van der Waals surface area contributed by atoms with Gasteiger partial charge in [0.1, 0.15) is 0 Å². The Kier molecular flexibility index (Phi) is 3.82. The Labute approximate surface area is 97.8 Å². The molecular formula is C12H23N3O. The highest BCUT2D eigenvalue weighted by Gasteiger charge is 2.32. The van der Waals surface area contributed by atoms with Crippen molar-refractivity contribution in [2.75, 3.05) is 26.2 Å². The lowest BCUT2D eigenvalue weighted by Crippen LogP contribution is -2.58. The zero-order valence-corrected chi connectivity index (χ0v) is 10.2. The first-order valence-corrected chi connectivity index (χ1v) is 6.50. The second-order valence-electron chi connectivity index (χ2n) is 4.98. The van der Waals surface area contributed by atoms with Crippen molar-refractivity contribution in [3.63, 3.8) is 0 Å². The standard InChI is InChI=1S/C12H23N3O/c1-2-11(13)12(16)15-8-7-14-6-4-3-5-10(14)9-15/h10-11H,2-9,13H2,1H3. The van der Waals surface area contributed by atoms with Crippen molar-refractivity contribution in [2.45, 2.75) is 44.7 Å². The molecule has 0 aliphatic carbocycles. The van der Waals surface area contributed by atoms with E-state index >= 15 is 0 Å². The number of piperazine rings is 1. The number of piperidine rings is 1. The van der Waals surface area contributed by atoms with Crippen LogP contribution in [-0.4, -0.2) is 54.0 Å². The average Bonchev–Trinajstić information content (AvgIpc) is 2.36. The van der Waals surface area contributed by atoms with Gasteiger partial charge in [0.2, 0.25) is 5.91 Å². The Morgan fingerprint density at radius 2 is 2.19 bits per heavy atom. The van der Waals surface area contributed by atoms with Crippen LogP contribution in [0.1, 0.15) is 32.6 Å². The van der Waals surface area contributed by atoms with Crippen LogP contribution in [0, 0.1) is 0 Å². The van der Waals surface area contributed by atoms with Gasteiger partial charge in [0, 0.05) is 25.7 Å². The van der Waals surface area contributed by atoms with Crippen molar-refractivity contribution in [3.05, 3.63) is 0 Å². The van der Waals surface area contributed by atoms with Gasteiger partial charge in [0.25, 0.3) is 0 Å². The van der Waals surface area contributed by atoms with E-state index in [2.05, 4.69) is 4.90 Å². The van der Waals surface area contributed by atoms with Crippen LogP contribution < -0.4 is 5.73 Å². The minimum Gasteiger partial charge on any atom is -0.338 e. The lowest BCUT2D eigenvalue weighted by Gasteiger charge is -2.44. The van der Waals surface area contributed by atoms with Crippen LogP contribution in [0.3, 0.4) is 0 Å². The second kappa shape index (κ2) is 5.15. The molecule has 4 heteroatoms. The summed E-state index contributed by atoms with van der Waals surface area (Å²) in [6, 6.07) is 0.297. The quantitative estimate of drug-likeness (QED) is 0.741. The van der Waals surface area contributed by atoms with Crippen LogP contribution in [0.25, 0.3) is 0 Å². The van der Waals surface area contributed by atoms with E-state index in [-0.39, 0.29) is 11.9 Å². The smallest absolute Gasteiger partial charge is 0.239 e. The van der Waals surface area contributed by atoms with E-state index in [1.54, 1.807) is 0 Å². The molecule has 2 unspecified atom stereocenters. The molecule has 0 aromatic heterocycles. The molecule has 2 saturated heterocycles. The van der Waals surface area contributed by atoms with Crippen molar-refractivity contribution in [3.8, 4) is 0 Å². The minimum atomic E-state index is -0.296. The van der Waals surface area contributed by atoms with Crippen LogP contribution in [0.5, 0.6) is 0 Å². The molecule has 2 N–H and O–H groups in total. The molecule has 0 aromatic rings. The van der Waals surface area contributed by atoms with Crippen LogP contribution in [0.15, 0.2) is 0 Å². The summed E-state index contributed by atoms with van der Waals surface area (Å²) >= 11 is 0. The molecule has 0 spiro atoms. The average molecular weight is 225 g/mol. The van der Waals surface area contributed by atoms with Gasteiger partial charge in [-0.05, 0) is 25.8 Å². The number of amides is 1. The maximum atomic E-state index is 12.0. The van der Waals surface area contributed by atoms with Gasteiger partial charge in [0.15, 0.2) is 0 Å². The van der Waals surface area contributed by atoms with E-state index in [0.717, 1.165) is 26.1 Å². The van der Waals surface area contributed by atoms with Crippen molar-refractivity contribution < 1.29 is 4.79 Å². The molecule has 0 saturated carbocycles. The second-order valence-corrected chi connectivity index (χ2v) is 4.98. The molecule has 2 atom stereocenters. The summed E-state index contributed by atoms with van der Waals surface area (Å²) in [6.07, 6.45) is 4.61. The SMILES string of the molecule is CCC(N)C(=O)N1CCN2CCCCC2C1. The largest absolute Gasteiger partial charge is 0.338 e. The zero-order chi connectivity index (χ0) is 11.5. The van der Waals surface area contributed by atoms with E-state index < -0.39 is 0 Å². The summed E-state index contributed by atoms with van der Waals surface area (Å²) in [5, 5.41) is 0. The van der Waals surface area contributed by atoms with E-state index in [4.69, 9.17) is 5.73 Å². The van der Waals surface area contributed by atoms with E-state index in [1.807, 2.05) is 11.8 Å².